The lowest BCUT2D eigenvalue weighted by Crippen LogP contribution is -2.42. The van der Waals surface area contributed by atoms with E-state index >= 15 is 0 Å². The van der Waals surface area contributed by atoms with E-state index in [1.807, 2.05) is 0 Å². The van der Waals surface area contributed by atoms with Gasteiger partial charge in [0, 0.05) is 37.3 Å². The van der Waals surface area contributed by atoms with E-state index in [4.69, 9.17) is 9.47 Å². The number of carbonyl (C=O) groups is 3. The smallest absolute Gasteiger partial charge is 0.407 e. The molecule has 0 aromatic heterocycles. The van der Waals surface area contributed by atoms with Crippen molar-refractivity contribution in [3.8, 4) is 0 Å². The zero-order chi connectivity index (χ0) is 23.2. The molecule has 170 valence electrons. The molecule has 10 heteroatoms. The number of alkyl carbamates (subject to hydrolysis) is 1. The molecule has 0 atom stereocenters. The summed E-state index contributed by atoms with van der Waals surface area (Å²) in [7, 11) is 0. The molecule has 2 rings (SSSR count). The topological polar surface area (TPSA) is 128 Å². The Morgan fingerprint density at radius 2 is 1.77 bits per heavy atom. The summed E-state index contributed by atoms with van der Waals surface area (Å²) in [5.74, 6) is -0.906. The molecule has 0 unspecified atom stereocenters. The number of hydrogen-bond acceptors (Lipinski definition) is 7. The molecule has 10 nitrogen and oxygen atoms in total. The van der Waals surface area contributed by atoms with Crippen LogP contribution in [-0.2, 0) is 9.47 Å². The Labute approximate surface area is 181 Å². The quantitative estimate of drug-likeness (QED) is 0.413. The molecule has 1 aliphatic rings. The minimum atomic E-state index is -0.716. The highest BCUT2D eigenvalue weighted by molar-refractivity contribution is 5.99. The molecule has 31 heavy (non-hydrogen) atoms. The van der Waals surface area contributed by atoms with Crippen LogP contribution >= 0.6 is 0 Å². The molecule has 1 aromatic carbocycles. The Hall–Kier alpha value is -3.17. The zero-order valence-corrected chi connectivity index (χ0v) is 18.3. The SMILES string of the molecule is CCOC(=O)c1cc(C(=O)N2CCC(CNC(=O)OC(C)(C)C)CC2)cc([N+](=O)[O-])c1. The Bertz CT molecular complexity index is 840. The molecule has 1 aliphatic heterocycles. The molecule has 1 heterocycles. The van der Waals surface area contributed by atoms with E-state index in [9.17, 15) is 24.5 Å². The first-order chi connectivity index (χ1) is 14.5. The summed E-state index contributed by atoms with van der Waals surface area (Å²) in [4.78, 5) is 48.9. The van der Waals surface area contributed by atoms with Crippen molar-refractivity contribution in [2.24, 2.45) is 5.92 Å². The van der Waals surface area contributed by atoms with Gasteiger partial charge in [0.2, 0.25) is 0 Å². The maximum atomic E-state index is 12.9. The summed E-state index contributed by atoms with van der Waals surface area (Å²) < 4.78 is 10.1. The van der Waals surface area contributed by atoms with Crippen LogP contribution in [-0.4, -0.2) is 59.6 Å². The number of nitrogens with zero attached hydrogens (tertiary/aromatic N) is 2. The van der Waals surface area contributed by atoms with Crippen LogP contribution in [0.2, 0.25) is 0 Å². The third kappa shape index (κ3) is 7.23. The lowest BCUT2D eigenvalue weighted by molar-refractivity contribution is -0.384. The minimum absolute atomic E-state index is 0.0316. The van der Waals surface area contributed by atoms with Crippen molar-refractivity contribution in [1.29, 1.82) is 0 Å². The van der Waals surface area contributed by atoms with Crippen molar-refractivity contribution in [2.45, 2.75) is 46.1 Å². The first kappa shape index (κ1) is 24.1. The number of non-ortho nitro benzene ring substituents is 1. The molecular formula is C21H29N3O7. The van der Waals surface area contributed by atoms with Crippen LogP contribution in [0, 0.1) is 16.0 Å². The molecule has 2 amide bonds. The number of nitrogens with one attached hydrogen (secondary N) is 1. The number of nitro groups is 1. The number of ether oxygens (including phenoxy) is 2. The highest BCUT2D eigenvalue weighted by atomic mass is 16.6. The van der Waals surface area contributed by atoms with Crippen molar-refractivity contribution in [2.75, 3.05) is 26.2 Å². The fourth-order valence-corrected chi connectivity index (χ4v) is 3.24. The van der Waals surface area contributed by atoms with E-state index < -0.39 is 22.6 Å². The molecule has 0 spiro atoms. The third-order valence-electron chi connectivity index (χ3n) is 4.72. The average Bonchev–Trinajstić information content (AvgIpc) is 2.70. The van der Waals surface area contributed by atoms with Crippen molar-refractivity contribution >= 4 is 23.7 Å². The number of hydrogen-bond donors (Lipinski definition) is 1. The molecule has 1 aromatic rings. The molecule has 0 aliphatic carbocycles. The molecular weight excluding hydrogens is 406 g/mol. The van der Waals surface area contributed by atoms with Gasteiger partial charge in [0.15, 0.2) is 0 Å². The van der Waals surface area contributed by atoms with Gasteiger partial charge in [0.05, 0.1) is 17.1 Å². The lowest BCUT2D eigenvalue weighted by atomic mass is 9.96. The Kier molecular flexibility index (Phi) is 7.95. The van der Waals surface area contributed by atoms with Crippen LogP contribution in [0.15, 0.2) is 18.2 Å². The van der Waals surface area contributed by atoms with E-state index in [1.165, 1.54) is 12.1 Å². The van der Waals surface area contributed by atoms with Crippen LogP contribution in [0.4, 0.5) is 10.5 Å². The van der Waals surface area contributed by atoms with Crippen LogP contribution < -0.4 is 5.32 Å². The van der Waals surface area contributed by atoms with Crippen molar-refractivity contribution in [3.63, 3.8) is 0 Å². The number of nitro benzene ring substituents is 1. The van der Waals surface area contributed by atoms with Gasteiger partial charge < -0.3 is 19.7 Å². The van der Waals surface area contributed by atoms with Gasteiger partial charge in [0.1, 0.15) is 5.60 Å². The fraction of sp³-hybridized carbons (Fsp3) is 0.571. The van der Waals surface area contributed by atoms with E-state index in [2.05, 4.69) is 5.32 Å². The molecule has 1 fully saturated rings. The lowest BCUT2D eigenvalue weighted by Gasteiger charge is -2.32. The van der Waals surface area contributed by atoms with Gasteiger partial charge in [0.25, 0.3) is 11.6 Å². The van der Waals surface area contributed by atoms with Crippen LogP contribution in [0.1, 0.15) is 61.3 Å². The van der Waals surface area contributed by atoms with E-state index in [-0.39, 0.29) is 35.2 Å². The van der Waals surface area contributed by atoms with Gasteiger partial charge in [-0.15, -0.1) is 0 Å². The molecule has 1 saturated heterocycles. The highest BCUT2D eigenvalue weighted by Crippen LogP contribution is 2.23. The standard InChI is InChI=1S/C21H29N3O7/c1-5-30-19(26)16-10-15(11-17(12-16)24(28)29)18(25)23-8-6-14(7-9-23)13-22-20(27)31-21(2,3)4/h10-12,14H,5-9,13H2,1-4H3,(H,22,27). The summed E-state index contributed by atoms with van der Waals surface area (Å²) in [5, 5.41) is 14.0. The van der Waals surface area contributed by atoms with Gasteiger partial charge in [-0.05, 0) is 52.5 Å². The molecule has 1 N–H and O–H groups in total. The summed E-state index contributed by atoms with van der Waals surface area (Å²) in [6.07, 6.45) is 0.858. The predicted octanol–water partition coefficient (Wildman–Crippen LogP) is 3.15. The third-order valence-corrected chi connectivity index (χ3v) is 4.72. The van der Waals surface area contributed by atoms with Gasteiger partial charge in [-0.25, -0.2) is 9.59 Å². The maximum Gasteiger partial charge on any atom is 0.407 e. The Morgan fingerprint density at radius 1 is 1.16 bits per heavy atom. The average molecular weight is 435 g/mol. The maximum absolute atomic E-state index is 12.9. The van der Waals surface area contributed by atoms with Gasteiger partial charge in [-0.2, -0.15) is 0 Å². The second-order valence-electron chi connectivity index (χ2n) is 8.36. The zero-order valence-electron chi connectivity index (χ0n) is 18.3. The predicted molar refractivity (Wildman–Crippen MR) is 112 cm³/mol. The van der Waals surface area contributed by atoms with Crippen molar-refractivity contribution in [1.82, 2.24) is 10.2 Å². The highest BCUT2D eigenvalue weighted by Gasteiger charge is 2.27. The second-order valence-corrected chi connectivity index (χ2v) is 8.36. The molecule has 0 saturated carbocycles. The number of esters is 1. The van der Waals surface area contributed by atoms with E-state index in [0.29, 0.717) is 32.5 Å². The normalized spacial score (nSPS) is 14.6. The second kappa shape index (κ2) is 10.2. The van der Waals surface area contributed by atoms with Crippen LogP contribution in [0.25, 0.3) is 0 Å². The van der Waals surface area contributed by atoms with Crippen molar-refractivity contribution < 1.29 is 28.8 Å². The number of benzene rings is 1. The number of amides is 2. The monoisotopic (exact) mass is 435 g/mol. The van der Waals surface area contributed by atoms with E-state index in [1.54, 1.807) is 32.6 Å². The fourth-order valence-electron chi connectivity index (χ4n) is 3.24. The summed E-state index contributed by atoms with van der Waals surface area (Å²) >= 11 is 0. The molecule has 0 bridgehead atoms. The van der Waals surface area contributed by atoms with Crippen LogP contribution in [0.5, 0.6) is 0 Å². The number of piperidine rings is 1. The minimum Gasteiger partial charge on any atom is -0.462 e. The largest absolute Gasteiger partial charge is 0.462 e. The number of rotatable bonds is 6. The number of likely N-dealkylation sites (tertiary alicyclic amines) is 1. The first-order valence-corrected chi connectivity index (χ1v) is 10.2. The molecule has 0 radical (unpaired) electrons. The van der Waals surface area contributed by atoms with Gasteiger partial charge >= 0.3 is 12.1 Å². The van der Waals surface area contributed by atoms with Crippen molar-refractivity contribution in [3.05, 3.63) is 39.4 Å². The van der Waals surface area contributed by atoms with Crippen LogP contribution in [0.3, 0.4) is 0 Å². The Balaban J connectivity index is 1.99. The number of carbonyl (C=O) groups excluding carboxylic acids is 3. The Morgan fingerprint density at radius 3 is 2.32 bits per heavy atom. The summed E-state index contributed by atoms with van der Waals surface area (Å²) in [5.41, 5.74) is -0.871. The summed E-state index contributed by atoms with van der Waals surface area (Å²) in [6, 6.07) is 3.59. The van der Waals surface area contributed by atoms with Gasteiger partial charge in [-0.3, -0.25) is 14.9 Å². The van der Waals surface area contributed by atoms with E-state index in [0.717, 1.165) is 6.07 Å². The summed E-state index contributed by atoms with van der Waals surface area (Å²) in [6.45, 7) is 8.45. The first-order valence-electron chi connectivity index (χ1n) is 10.2. The van der Waals surface area contributed by atoms with Gasteiger partial charge in [-0.1, -0.05) is 0 Å².